The third kappa shape index (κ3) is 7.85. The number of hydrogen-bond donors (Lipinski definition) is 1. The summed E-state index contributed by atoms with van der Waals surface area (Å²) in [7, 11) is -4.12. The van der Waals surface area contributed by atoms with Crippen LogP contribution in [0.3, 0.4) is 0 Å². The van der Waals surface area contributed by atoms with E-state index in [0.29, 0.717) is 18.0 Å². The Balaban J connectivity index is 2.04. The van der Waals surface area contributed by atoms with Gasteiger partial charge in [-0.15, -0.1) is 0 Å². The quantitative estimate of drug-likeness (QED) is 0.356. The molecule has 1 atom stereocenters. The molecule has 0 radical (unpaired) electrons. The standard InChI is InChI=1S/C31H39N3O5S/c1-7-39-27-19-17-26(18-20-27)34(40(37,38)28-15-9-8-10-16-28)22-29(35)33(21-25-14-12-11-13-23(25)2)24(3)30(36)32-31(4,5)6/h8-20,24H,7,21-22H2,1-6H3,(H,32,36). The molecule has 0 fully saturated rings. The second-order valence-electron chi connectivity index (χ2n) is 10.6. The Morgan fingerprint density at radius 3 is 2.10 bits per heavy atom. The third-order valence-corrected chi connectivity index (χ3v) is 8.10. The fourth-order valence-corrected chi connectivity index (χ4v) is 5.59. The molecule has 3 aromatic rings. The minimum absolute atomic E-state index is 0.0562. The van der Waals surface area contributed by atoms with Crippen LogP contribution < -0.4 is 14.4 Å². The van der Waals surface area contributed by atoms with Crippen molar-refractivity contribution in [2.45, 2.75) is 64.6 Å². The van der Waals surface area contributed by atoms with Gasteiger partial charge < -0.3 is 15.0 Å². The molecule has 0 spiro atoms. The average molecular weight is 566 g/mol. The smallest absolute Gasteiger partial charge is 0.264 e. The lowest BCUT2D eigenvalue weighted by atomic mass is 10.1. The molecule has 0 aliphatic carbocycles. The summed E-state index contributed by atoms with van der Waals surface area (Å²) in [5.41, 5.74) is 1.63. The SMILES string of the molecule is CCOc1ccc(N(CC(=O)N(Cc2ccccc2C)C(C)C(=O)NC(C)(C)C)S(=O)(=O)c2ccccc2)cc1. The molecule has 0 aliphatic rings. The number of nitrogens with zero attached hydrogens (tertiary/aromatic N) is 2. The van der Waals surface area contributed by atoms with Gasteiger partial charge in [-0.05, 0) is 89.1 Å². The Morgan fingerprint density at radius 1 is 0.925 bits per heavy atom. The molecular formula is C31H39N3O5S. The predicted octanol–water partition coefficient (Wildman–Crippen LogP) is 4.92. The molecule has 0 aromatic heterocycles. The average Bonchev–Trinajstić information content (AvgIpc) is 2.91. The van der Waals surface area contributed by atoms with E-state index < -0.39 is 34.1 Å². The Morgan fingerprint density at radius 2 is 1.52 bits per heavy atom. The predicted molar refractivity (Wildman–Crippen MR) is 158 cm³/mol. The van der Waals surface area contributed by atoms with Crippen molar-refractivity contribution in [1.82, 2.24) is 10.2 Å². The first-order valence-electron chi connectivity index (χ1n) is 13.3. The zero-order valence-electron chi connectivity index (χ0n) is 24.0. The maximum Gasteiger partial charge on any atom is 0.264 e. The Hall–Kier alpha value is -3.85. The maximum atomic E-state index is 14.0. The summed E-state index contributed by atoms with van der Waals surface area (Å²) in [4.78, 5) is 28.7. The highest BCUT2D eigenvalue weighted by molar-refractivity contribution is 7.92. The minimum atomic E-state index is -4.12. The number of aryl methyl sites for hydroxylation is 1. The van der Waals surface area contributed by atoms with Gasteiger partial charge in [0.25, 0.3) is 10.0 Å². The van der Waals surface area contributed by atoms with Gasteiger partial charge in [-0.25, -0.2) is 8.42 Å². The second kappa shape index (κ2) is 13.0. The van der Waals surface area contributed by atoms with Crippen LogP contribution in [0.1, 0.15) is 45.7 Å². The number of hydrogen-bond acceptors (Lipinski definition) is 5. The van der Waals surface area contributed by atoms with Gasteiger partial charge >= 0.3 is 0 Å². The molecule has 0 bridgehead atoms. The highest BCUT2D eigenvalue weighted by Gasteiger charge is 2.33. The van der Waals surface area contributed by atoms with E-state index in [9.17, 15) is 18.0 Å². The molecular weight excluding hydrogens is 526 g/mol. The van der Waals surface area contributed by atoms with Crippen LogP contribution in [0, 0.1) is 6.92 Å². The summed E-state index contributed by atoms with van der Waals surface area (Å²) >= 11 is 0. The molecule has 3 aromatic carbocycles. The summed E-state index contributed by atoms with van der Waals surface area (Å²) in [5, 5.41) is 2.94. The van der Waals surface area contributed by atoms with Crippen molar-refractivity contribution in [3.63, 3.8) is 0 Å². The molecule has 9 heteroatoms. The highest BCUT2D eigenvalue weighted by Crippen LogP contribution is 2.27. The van der Waals surface area contributed by atoms with Gasteiger partial charge in [0.15, 0.2) is 0 Å². The lowest BCUT2D eigenvalue weighted by Crippen LogP contribution is -2.54. The first-order valence-corrected chi connectivity index (χ1v) is 14.7. The van der Waals surface area contributed by atoms with Gasteiger partial charge in [0, 0.05) is 12.1 Å². The zero-order valence-corrected chi connectivity index (χ0v) is 24.9. The minimum Gasteiger partial charge on any atom is -0.494 e. The number of carbonyl (C=O) groups excluding carboxylic acids is 2. The number of carbonyl (C=O) groups is 2. The molecule has 2 amide bonds. The number of anilines is 1. The van der Waals surface area contributed by atoms with Crippen LogP contribution in [-0.2, 0) is 26.2 Å². The Bertz CT molecular complexity index is 1400. The van der Waals surface area contributed by atoms with Gasteiger partial charge in [0.1, 0.15) is 18.3 Å². The fourth-order valence-electron chi connectivity index (χ4n) is 4.15. The van der Waals surface area contributed by atoms with E-state index in [1.165, 1.54) is 17.0 Å². The molecule has 1 N–H and O–H groups in total. The molecule has 214 valence electrons. The van der Waals surface area contributed by atoms with Crippen molar-refractivity contribution in [2.24, 2.45) is 0 Å². The number of benzene rings is 3. The molecule has 0 saturated heterocycles. The lowest BCUT2D eigenvalue weighted by molar-refractivity contribution is -0.140. The van der Waals surface area contributed by atoms with E-state index in [0.717, 1.165) is 15.4 Å². The topological polar surface area (TPSA) is 96.0 Å². The molecule has 1 unspecified atom stereocenters. The van der Waals surface area contributed by atoms with Crippen LogP contribution in [0.15, 0.2) is 83.8 Å². The van der Waals surface area contributed by atoms with Crippen LogP contribution in [-0.4, -0.2) is 49.9 Å². The zero-order chi connectivity index (χ0) is 29.5. The number of nitrogens with one attached hydrogen (secondary N) is 1. The first kappa shape index (κ1) is 30.7. The van der Waals surface area contributed by atoms with Gasteiger partial charge in [0.2, 0.25) is 11.8 Å². The second-order valence-corrected chi connectivity index (χ2v) is 12.5. The Kier molecular flexibility index (Phi) is 9.98. The highest BCUT2D eigenvalue weighted by atomic mass is 32.2. The van der Waals surface area contributed by atoms with E-state index in [2.05, 4.69) is 5.32 Å². The van der Waals surface area contributed by atoms with Crippen LogP contribution in [0.25, 0.3) is 0 Å². The van der Waals surface area contributed by atoms with Crippen molar-refractivity contribution in [2.75, 3.05) is 17.5 Å². The van der Waals surface area contributed by atoms with Crippen LogP contribution in [0.2, 0.25) is 0 Å². The van der Waals surface area contributed by atoms with Gasteiger partial charge in [-0.1, -0.05) is 42.5 Å². The van der Waals surface area contributed by atoms with E-state index in [-0.39, 0.29) is 17.3 Å². The normalized spacial score (nSPS) is 12.3. The summed E-state index contributed by atoms with van der Waals surface area (Å²) in [6.07, 6.45) is 0. The molecule has 40 heavy (non-hydrogen) atoms. The summed E-state index contributed by atoms with van der Waals surface area (Å²) in [5.74, 6) is -0.246. The van der Waals surface area contributed by atoms with E-state index in [4.69, 9.17) is 4.74 Å². The number of rotatable bonds is 11. The van der Waals surface area contributed by atoms with Crippen molar-refractivity contribution < 1.29 is 22.7 Å². The molecule has 3 rings (SSSR count). The monoisotopic (exact) mass is 565 g/mol. The number of sulfonamides is 1. The number of ether oxygens (including phenoxy) is 1. The van der Waals surface area contributed by atoms with Crippen LogP contribution in [0.4, 0.5) is 5.69 Å². The van der Waals surface area contributed by atoms with Gasteiger partial charge in [-0.3, -0.25) is 13.9 Å². The first-order chi connectivity index (χ1) is 18.8. The molecule has 0 saturated carbocycles. The number of amides is 2. The van der Waals surface area contributed by atoms with E-state index >= 15 is 0 Å². The van der Waals surface area contributed by atoms with E-state index in [1.54, 1.807) is 49.4 Å². The Labute approximate surface area is 238 Å². The summed E-state index contributed by atoms with van der Waals surface area (Å²) in [6, 6.07) is 21.3. The largest absolute Gasteiger partial charge is 0.494 e. The fraction of sp³-hybridized carbons (Fsp3) is 0.355. The summed E-state index contributed by atoms with van der Waals surface area (Å²) in [6.45, 7) is 11.2. The van der Waals surface area contributed by atoms with Crippen molar-refractivity contribution in [3.8, 4) is 5.75 Å². The van der Waals surface area contributed by atoms with Crippen molar-refractivity contribution >= 4 is 27.5 Å². The molecule has 8 nitrogen and oxygen atoms in total. The van der Waals surface area contributed by atoms with Gasteiger partial charge in [0.05, 0.1) is 17.2 Å². The third-order valence-electron chi connectivity index (χ3n) is 6.31. The maximum absolute atomic E-state index is 14.0. The van der Waals surface area contributed by atoms with Gasteiger partial charge in [-0.2, -0.15) is 0 Å². The molecule has 0 heterocycles. The van der Waals surface area contributed by atoms with Crippen LogP contribution >= 0.6 is 0 Å². The molecule has 0 aliphatic heterocycles. The van der Waals surface area contributed by atoms with Crippen molar-refractivity contribution in [1.29, 1.82) is 0 Å². The summed E-state index contributed by atoms with van der Waals surface area (Å²) < 4.78 is 34.3. The van der Waals surface area contributed by atoms with Crippen molar-refractivity contribution in [3.05, 3.63) is 90.0 Å². The van der Waals surface area contributed by atoms with E-state index in [1.807, 2.05) is 58.9 Å². The van der Waals surface area contributed by atoms with Crippen LogP contribution in [0.5, 0.6) is 5.75 Å². The lowest BCUT2D eigenvalue weighted by Gasteiger charge is -2.33.